The van der Waals surface area contributed by atoms with Gasteiger partial charge in [0.1, 0.15) is 0 Å². The summed E-state index contributed by atoms with van der Waals surface area (Å²) in [5.41, 5.74) is 13.1. The summed E-state index contributed by atoms with van der Waals surface area (Å²) in [6.07, 6.45) is 0. The lowest BCUT2D eigenvalue weighted by Gasteiger charge is -2.09. The molecule has 0 spiro atoms. The average molecular weight is 180 g/mol. The molecule has 0 saturated carbocycles. The topological polar surface area (TPSA) is 70.5 Å². The van der Waals surface area contributed by atoms with Gasteiger partial charge in [-0.25, -0.2) is 0 Å². The van der Waals surface area contributed by atoms with Crippen LogP contribution in [0.15, 0.2) is 12.1 Å². The largest absolute Gasteiger partial charge is 0.454 e. The van der Waals surface area contributed by atoms with Crippen molar-refractivity contribution in [3.63, 3.8) is 0 Å². The molecule has 13 heavy (non-hydrogen) atoms. The molecule has 4 N–H and O–H groups in total. The van der Waals surface area contributed by atoms with Gasteiger partial charge in [-0.1, -0.05) is 0 Å². The van der Waals surface area contributed by atoms with Gasteiger partial charge in [-0.05, 0) is 18.6 Å². The predicted molar refractivity (Wildman–Crippen MR) is 49.6 cm³/mol. The number of anilines is 1. The highest BCUT2D eigenvalue weighted by Gasteiger charge is 2.17. The number of nitrogen functional groups attached to an aromatic ring is 1. The summed E-state index contributed by atoms with van der Waals surface area (Å²) in [4.78, 5) is 0. The van der Waals surface area contributed by atoms with Crippen LogP contribution in [-0.2, 0) is 0 Å². The quantitative estimate of drug-likeness (QED) is 0.633. The zero-order chi connectivity index (χ0) is 9.42. The van der Waals surface area contributed by atoms with Crippen molar-refractivity contribution in [2.75, 3.05) is 12.5 Å². The van der Waals surface area contributed by atoms with Gasteiger partial charge in [0.15, 0.2) is 11.5 Å². The molecule has 1 aliphatic heterocycles. The van der Waals surface area contributed by atoms with Crippen LogP contribution < -0.4 is 20.9 Å². The second-order valence-electron chi connectivity index (χ2n) is 3.12. The minimum atomic E-state index is -0.0884. The Kier molecular flexibility index (Phi) is 1.77. The van der Waals surface area contributed by atoms with Crippen molar-refractivity contribution < 1.29 is 9.47 Å². The highest BCUT2D eigenvalue weighted by atomic mass is 16.7. The zero-order valence-electron chi connectivity index (χ0n) is 7.41. The molecule has 0 radical (unpaired) electrons. The number of hydrogen-bond acceptors (Lipinski definition) is 4. The second-order valence-corrected chi connectivity index (χ2v) is 3.12. The van der Waals surface area contributed by atoms with Crippen molar-refractivity contribution in [2.24, 2.45) is 5.73 Å². The Hall–Kier alpha value is -1.42. The molecule has 0 aliphatic carbocycles. The van der Waals surface area contributed by atoms with Gasteiger partial charge in [0.2, 0.25) is 6.79 Å². The molecule has 4 heteroatoms. The van der Waals surface area contributed by atoms with Crippen molar-refractivity contribution in [1.82, 2.24) is 0 Å². The molecule has 4 nitrogen and oxygen atoms in total. The highest BCUT2D eigenvalue weighted by molar-refractivity contribution is 5.59. The molecule has 0 aromatic heterocycles. The number of hydrogen-bond donors (Lipinski definition) is 2. The smallest absolute Gasteiger partial charge is 0.231 e. The summed E-state index contributed by atoms with van der Waals surface area (Å²) in [6.45, 7) is 2.14. The SMILES string of the molecule is CC(N)c1cc2c(cc1N)OCO2. The van der Waals surface area contributed by atoms with Gasteiger partial charge < -0.3 is 20.9 Å². The van der Waals surface area contributed by atoms with E-state index in [1.807, 2.05) is 13.0 Å². The van der Waals surface area contributed by atoms with Crippen molar-refractivity contribution in [2.45, 2.75) is 13.0 Å². The van der Waals surface area contributed by atoms with Crippen molar-refractivity contribution in [3.05, 3.63) is 17.7 Å². The van der Waals surface area contributed by atoms with Gasteiger partial charge in [-0.2, -0.15) is 0 Å². The van der Waals surface area contributed by atoms with Crippen LogP contribution in [0.3, 0.4) is 0 Å². The molecule has 1 aliphatic rings. The Bertz CT molecular complexity index is 337. The molecule has 2 rings (SSSR count). The number of benzene rings is 1. The van der Waals surface area contributed by atoms with E-state index < -0.39 is 0 Å². The van der Waals surface area contributed by atoms with Crippen molar-refractivity contribution >= 4 is 5.69 Å². The summed E-state index contributed by atoms with van der Waals surface area (Å²) in [7, 11) is 0. The molecule has 0 fully saturated rings. The number of fused-ring (bicyclic) bond motifs is 1. The molecule has 1 unspecified atom stereocenters. The van der Waals surface area contributed by atoms with Crippen molar-refractivity contribution in [1.29, 1.82) is 0 Å². The third-order valence-electron chi connectivity index (χ3n) is 2.07. The molecular weight excluding hydrogens is 168 g/mol. The number of rotatable bonds is 1. The van der Waals surface area contributed by atoms with E-state index in [1.165, 1.54) is 0 Å². The van der Waals surface area contributed by atoms with E-state index in [4.69, 9.17) is 20.9 Å². The van der Waals surface area contributed by atoms with Crippen LogP contribution >= 0.6 is 0 Å². The van der Waals surface area contributed by atoms with E-state index in [2.05, 4.69) is 0 Å². The van der Waals surface area contributed by atoms with Crippen molar-refractivity contribution in [3.8, 4) is 11.5 Å². The fourth-order valence-corrected chi connectivity index (χ4v) is 1.37. The molecule has 1 aromatic rings. The van der Waals surface area contributed by atoms with Crippen LogP contribution in [0.2, 0.25) is 0 Å². The molecule has 0 bridgehead atoms. The molecule has 70 valence electrons. The van der Waals surface area contributed by atoms with Gasteiger partial charge in [-0.3, -0.25) is 0 Å². The fourth-order valence-electron chi connectivity index (χ4n) is 1.37. The summed E-state index contributed by atoms with van der Waals surface area (Å²) >= 11 is 0. The minimum absolute atomic E-state index is 0.0884. The predicted octanol–water partition coefficient (Wildman–Crippen LogP) is 1.02. The van der Waals surface area contributed by atoms with E-state index in [0.29, 0.717) is 11.4 Å². The van der Waals surface area contributed by atoms with E-state index in [-0.39, 0.29) is 12.8 Å². The third kappa shape index (κ3) is 1.29. The first-order valence-electron chi connectivity index (χ1n) is 4.13. The van der Waals surface area contributed by atoms with Crippen LogP contribution in [0.4, 0.5) is 5.69 Å². The minimum Gasteiger partial charge on any atom is -0.454 e. The Labute approximate surface area is 76.4 Å². The molecule has 1 heterocycles. The zero-order valence-corrected chi connectivity index (χ0v) is 7.41. The van der Waals surface area contributed by atoms with Gasteiger partial charge in [0.05, 0.1) is 0 Å². The van der Waals surface area contributed by atoms with Gasteiger partial charge in [0.25, 0.3) is 0 Å². The molecule has 1 atom stereocenters. The Balaban J connectivity index is 2.49. The maximum atomic E-state index is 5.78. The highest BCUT2D eigenvalue weighted by Crippen LogP contribution is 2.37. The Morgan fingerprint density at radius 2 is 1.92 bits per heavy atom. The number of ether oxygens (including phenoxy) is 2. The summed E-state index contributed by atoms with van der Waals surface area (Å²) in [5, 5.41) is 0. The first kappa shape index (κ1) is 8.19. The van der Waals surface area contributed by atoms with E-state index in [1.54, 1.807) is 6.07 Å². The third-order valence-corrected chi connectivity index (χ3v) is 2.07. The van der Waals surface area contributed by atoms with Crippen LogP contribution in [0, 0.1) is 0 Å². The lowest BCUT2D eigenvalue weighted by Crippen LogP contribution is -2.07. The Morgan fingerprint density at radius 1 is 1.31 bits per heavy atom. The maximum absolute atomic E-state index is 5.78. The fraction of sp³-hybridized carbons (Fsp3) is 0.333. The second kappa shape index (κ2) is 2.81. The van der Waals surface area contributed by atoms with Crippen LogP contribution in [0.5, 0.6) is 11.5 Å². The molecule has 0 amide bonds. The Morgan fingerprint density at radius 3 is 2.54 bits per heavy atom. The summed E-state index contributed by atoms with van der Waals surface area (Å²) < 4.78 is 10.4. The molecule has 0 saturated heterocycles. The van der Waals surface area contributed by atoms with Gasteiger partial charge >= 0.3 is 0 Å². The van der Waals surface area contributed by atoms with Gasteiger partial charge in [0, 0.05) is 17.8 Å². The standard InChI is InChI=1S/C9H12N2O2/c1-5(10)6-2-8-9(3-7(6)11)13-4-12-8/h2-3,5H,4,10-11H2,1H3. The molecular formula is C9H12N2O2. The summed E-state index contributed by atoms with van der Waals surface area (Å²) in [6, 6.07) is 3.50. The first-order chi connectivity index (χ1) is 6.18. The normalized spacial score (nSPS) is 15.8. The number of nitrogens with two attached hydrogens (primary N) is 2. The lowest BCUT2D eigenvalue weighted by atomic mass is 10.1. The monoisotopic (exact) mass is 180 g/mol. The van der Waals surface area contributed by atoms with Crippen LogP contribution in [-0.4, -0.2) is 6.79 Å². The van der Waals surface area contributed by atoms with Crippen LogP contribution in [0.25, 0.3) is 0 Å². The van der Waals surface area contributed by atoms with E-state index >= 15 is 0 Å². The molecule has 1 aromatic carbocycles. The van der Waals surface area contributed by atoms with E-state index in [0.717, 1.165) is 11.3 Å². The van der Waals surface area contributed by atoms with E-state index in [9.17, 15) is 0 Å². The maximum Gasteiger partial charge on any atom is 0.231 e. The average Bonchev–Trinajstić information content (AvgIpc) is 2.48. The lowest BCUT2D eigenvalue weighted by molar-refractivity contribution is 0.174. The van der Waals surface area contributed by atoms with Gasteiger partial charge in [-0.15, -0.1) is 0 Å². The van der Waals surface area contributed by atoms with Crippen LogP contribution in [0.1, 0.15) is 18.5 Å². The first-order valence-corrected chi connectivity index (χ1v) is 4.13. The summed E-state index contributed by atoms with van der Waals surface area (Å²) in [5.74, 6) is 1.42.